The van der Waals surface area contributed by atoms with Gasteiger partial charge >= 0.3 is 5.97 Å². The standard InChI is InChI=1S/C23H22N4O3/c24-23(25)27-19-11-5-9-17(13-19)22(30)26-18-10-4-8-16(12-18)20(14-21(28)29)15-6-2-1-3-7-15/h1-13,20H,14H2,(H,26,30)(H,28,29)(H4,24,25,27). The number of carboxylic acid groups (broad SMARTS) is 1. The number of nitrogens with two attached hydrogens (primary N) is 2. The SMILES string of the molecule is NC(N)=Nc1cccc(C(=O)Nc2cccc(C(CC(=O)O)c3ccccc3)c2)c1. The van der Waals surface area contributed by atoms with Crippen LogP contribution < -0.4 is 16.8 Å². The highest BCUT2D eigenvalue weighted by molar-refractivity contribution is 6.04. The summed E-state index contributed by atoms with van der Waals surface area (Å²) >= 11 is 0. The second-order valence-electron chi connectivity index (χ2n) is 6.73. The van der Waals surface area contributed by atoms with Crippen LogP contribution in [-0.4, -0.2) is 22.9 Å². The van der Waals surface area contributed by atoms with Gasteiger partial charge in [0.2, 0.25) is 0 Å². The summed E-state index contributed by atoms with van der Waals surface area (Å²) in [5, 5.41) is 12.2. The number of guanidine groups is 1. The van der Waals surface area contributed by atoms with Crippen molar-refractivity contribution in [2.24, 2.45) is 16.5 Å². The molecule has 3 aromatic rings. The van der Waals surface area contributed by atoms with E-state index in [9.17, 15) is 14.7 Å². The number of anilines is 1. The zero-order valence-corrected chi connectivity index (χ0v) is 16.2. The molecule has 6 N–H and O–H groups in total. The van der Waals surface area contributed by atoms with Crippen molar-refractivity contribution in [3.05, 3.63) is 95.6 Å². The number of benzene rings is 3. The van der Waals surface area contributed by atoms with Gasteiger partial charge in [0.25, 0.3) is 5.91 Å². The quantitative estimate of drug-likeness (QED) is 0.355. The first-order chi connectivity index (χ1) is 14.4. The normalized spacial score (nSPS) is 11.3. The van der Waals surface area contributed by atoms with Gasteiger partial charge in [-0.05, 0) is 41.5 Å². The predicted octanol–water partition coefficient (Wildman–Crippen LogP) is 3.45. The van der Waals surface area contributed by atoms with E-state index in [2.05, 4.69) is 10.3 Å². The van der Waals surface area contributed by atoms with Gasteiger partial charge in [-0.1, -0.05) is 48.5 Å². The number of carboxylic acids is 1. The Morgan fingerprint density at radius 3 is 2.30 bits per heavy atom. The van der Waals surface area contributed by atoms with Crippen LogP contribution in [0.4, 0.5) is 11.4 Å². The van der Waals surface area contributed by atoms with Gasteiger partial charge in [0.1, 0.15) is 0 Å². The lowest BCUT2D eigenvalue weighted by molar-refractivity contribution is -0.137. The number of rotatable bonds is 7. The summed E-state index contributed by atoms with van der Waals surface area (Å²) in [5.74, 6) is -1.64. The minimum absolute atomic E-state index is 0.0536. The fraction of sp³-hybridized carbons (Fsp3) is 0.0870. The third-order valence-electron chi connectivity index (χ3n) is 4.49. The predicted molar refractivity (Wildman–Crippen MR) is 117 cm³/mol. The van der Waals surface area contributed by atoms with E-state index in [1.54, 1.807) is 42.5 Å². The average Bonchev–Trinajstić information content (AvgIpc) is 2.72. The summed E-state index contributed by atoms with van der Waals surface area (Å²) < 4.78 is 0. The van der Waals surface area contributed by atoms with Crippen molar-refractivity contribution in [1.29, 1.82) is 0 Å². The third kappa shape index (κ3) is 5.45. The second kappa shape index (κ2) is 9.38. The number of carbonyl (C=O) groups excluding carboxylic acids is 1. The molecular formula is C23H22N4O3. The van der Waals surface area contributed by atoms with Gasteiger partial charge in [-0.2, -0.15) is 0 Å². The van der Waals surface area contributed by atoms with Gasteiger partial charge in [0, 0.05) is 17.2 Å². The molecule has 0 bridgehead atoms. The maximum atomic E-state index is 12.7. The highest BCUT2D eigenvalue weighted by atomic mass is 16.4. The van der Waals surface area contributed by atoms with Crippen molar-refractivity contribution < 1.29 is 14.7 Å². The van der Waals surface area contributed by atoms with Crippen LogP contribution in [0.25, 0.3) is 0 Å². The Kier molecular flexibility index (Phi) is 6.44. The summed E-state index contributed by atoms with van der Waals surface area (Å²) in [6, 6.07) is 23.2. The van der Waals surface area contributed by atoms with Crippen LogP contribution in [0.2, 0.25) is 0 Å². The molecule has 0 aliphatic rings. The van der Waals surface area contributed by atoms with Crippen LogP contribution >= 0.6 is 0 Å². The summed E-state index contributed by atoms with van der Waals surface area (Å²) in [4.78, 5) is 28.0. The Labute approximate surface area is 174 Å². The van der Waals surface area contributed by atoms with Crippen molar-refractivity contribution in [2.45, 2.75) is 12.3 Å². The summed E-state index contributed by atoms with van der Waals surface area (Å²) in [6.07, 6.45) is -0.0536. The van der Waals surface area contributed by atoms with Crippen molar-refractivity contribution >= 4 is 29.2 Å². The number of carbonyl (C=O) groups is 2. The Morgan fingerprint density at radius 1 is 0.900 bits per heavy atom. The van der Waals surface area contributed by atoms with E-state index in [1.807, 2.05) is 36.4 Å². The maximum Gasteiger partial charge on any atom is 0.304 e. The molecule has 0 spiro atoms. The monoisotopic (exact) mass is 402 g/mol. The molecule has 7 heteroatoms. The van der Waals surface area contributed by atoms with Gasteiger partial charge in [0.05, 0.1) is 12.1 Å². The van der Waals surface area contributed by atoms with E-state index in [-0.39, 0.29) is 24.2 Å². The first kappa shape index (κ1) is 20.6. The van der Waals surface area contributed by atoms with Crippen LogP contribution in [0.5, 0.6) is 0 Å². The zero-order chi connectivity index (χ0) is 21.5. The van der Waals surface area contributed by atoms with E-state index in [1.165, 1.54) is 0 Å². The average molecular weight is 402 g/mol. The highest BCUT2D eigenvalue weighted by Gasteiger charge is 2.18. The fourth-order valence-electron chi connectivity index (χ4n) is 3.19. The molecule has 0 aliphatic heterocycles. The Morgan fingerprint density at radius 2 is 1.60 bits per heavy atom. The number of nitrogens with zero attached hydrogens (tertiary/aromatic N) is 1. The van der Waals surface area contributed by atoms with Gasteiger partial charge in [-0.25, -0.2) is 4.99 Å². The first-order valence-corrected chi connectivity index (χ1v) is 9.30. The number of aliphatic carboxylic acids is 1. The molecule has 152 valence electrons. The van der Waals surface area contributed by atoms with E-state index in [0.29, 0.717) is 16.9 Å². The molecular weight excluding hydrogens is 380 g/mol. The first-order valence-electron chi connectivity index (χ1n) is 9.30. The van der Waals surface area contributed by atoms with Crippen LogP contribution in [0.15, 0.2) is 83.9 Å². The molecule has 30 heavy (non-hydrogen) atoms. The number of amides is 1. The molecule has 7 nitrogen and oxygen atoms in total. The number of hydrogen-bond acceptors (Lipinski definition) is 3. The molecule has 1 unspecified atom stereocenters. The molecule has 0 aliphatic carbocycles. The topological polar surface area (TPSA) is 131 Å². The third-order valence-corrected chi connectivity index (χ3v) is 4.49. The largest absolute Gasteiger partial charge is 0.481 e. The van der Waals surface area contributed by atoms with Crippen molar-refractivity contribution in [3.63, 3.8) is 0 Å². The van der Waals surface area contributed by atoms with E-state index < -0.39 is 5.97 Å². The molecule has 0 heterocycles. The second-order valence-corrected chi connectivity index (χ2v) is 6.73. The summed E-state index contributed by atoms with van der Waals surface area (Å²) in [5.41, 5.74) is 13.9. The fourth-order valence-corrected chi connectivity index (χ4v) is 3.19. The summed E-state index contributed by atoms with van der Waals surface area (Å²) in [6.45, 7) is 0. The van der Waals surface area contributed by atoms with E-state index in [4.69, 9.17) is 11.5 Å². The van der Waals surface area contributed by atoms with Crippen LogP contribution in [0.1, 0.15) is 33.8 Å². The van der Waals surface area contributed by atoms with Crippen LogP contribution in [-0.2, 0) is 4.79 Å². The number of nitrogens with one attached hydrogen (secondary N) is 1. The van der Waals surface area contributed by atoms with Gasteiger partial charge in [0.15, 0.2) is 5.96 Å². The molecule has 3 rings (SSSR count). The van der Waals surface area contributed by atoms with E-state index >= 15 is 0 Å². The van der Waals surface area contributed by atoms with Crippen LogP contribution in [0, 0.1) is 0 Å². The van der Waals surface area contributed by atoms with Crippen molar-refractivity contribution in [2.75, 3.05) is 5.32 Å². The number of aliphatic imine (C=N–C) groups is 1. The van der Waals surface area contributed by atoms with Crippen molar-refractivity contribution in [1.82, 2.24) is 0 Å². The van der Waals surface area contributed by atoms with Gasteiger partial charge < -0.3 is 21.9 Å². The Balaban J connectivity index is 1.85. The molecule has 3 aromatic carbocycles. The molecule has 0 radical (unpaired) electrons. The Bertz CT molecular complexity index is 1080. The molecule has 0 aromatic heterocycles. The van der Waals surface area contributed by atoms with Gasteiger partial charge in [-0.3, -0.25) is 9.59 Å². The lowest BCUT2D eigenvalue weighted by Gasteiger charge is -2.17. The maximum absolute atomic E-state index is 12.7. The molecule has 0 saturated carbocycles. The zero-order valence-electron chi connectivity index (χ0n) is 16.2. The molecule has 0 saturated heterocycles. The highest BCUT2D eigenvalue weighted by Crippen LogP contribution is 2.30. The van der Waals surface area contributed by atoms with E-state index in [0.717, 1.165) is 11.1 Å². The lowest BCUT2D eigenvalue weighted by atomic mass is 9.88. The van der Waals surface area contributed by atoms with Crippen LogP contribution in [0.3, 0.4) is 0 Å². The van der Waals surface area contributed by atoms with Crippen molar-refractivity contribution in [3.8, 4) is 0 Å². The lowest BCUT2D eigenvalue weighted by Crippen LogP contribution is -2.22. The molecule has 0 fully saturated rings. The van der Waals surface area contributed by atoms with Gasteiger partial charge in [-0.15, -0.1) is 0 Å². The minimum Gasteiger partial charge on any atom is -0.481 e. The smallest absolute Gasteiger partial charge is 0.304 e. The number of hydrogen-bond donors (Lipinski definition) is 4. The molecule has 1 atom stereocenters. The molecule has 1 amide bonds. The Hall–Kier alpha value is -4.13. The summed E-state index contributed by atoms with van der Waals surface area (Å²) in [7, 11) is 0. The minimum atomic E-state index is -0.894.